The van der Waals surface area contributed by atoms with Gasteiger partial charge in [-0.15, -0.1) is 0 Å². The smallest absolute Gasteiger partial charge is 0.122 e. The number of rotatable bonds is 2. The molecule has 0 bridgehead atoms. The first-order chi connectivity index (χ1) is 8.42. The Hall–Kier alpha value is -1.06. The Bertz CT molecular complexity index is 374. The fourth-order valence-electron chi connectivity index (χ4n) is 2.59. The molecule has 3 heteroatoms. The minimum atomic E-state index is 0.230. The molecule has 1 aromatic carbocycles. The van der Waals surface area contributed by atoms with Gasteiger partial charge in [-0.1, -0.05) is 18.2 Å². The number of piperidine rings is 1. The van der Waals surface area contributed by atoms with Crippen molar-refractivity contribution in [2.75, 3.05) is 19.7 Å². The van der Waals surface area contributed by atoms with E-state index in [1.54, 1.807) is 0 Å². The zero-order chi connectivity index (χ0) is 11.5. The maximum Gasteiger partial charge on any atom is 0.122 e. The number of hydrogen-bond donors (Lipinski definition) is 1. The molecule has 1 unspecified atom stereocenters. The molecule has 0 radical (unpaired) electrons. The third-order valence-corrected chi connectivity index (χ3v) is 3.52. The van der Waals surface area contributed by atoms with Gasteiger partial charge in [0.15, 0.2) is 0 Å². The number of benzene rings is 1. The average Bonchev–Trinajstić information content (AvgIpc) is 2.40. The summed E-state index contributed by atoms with van der Waals surface area (Å²) >= 11 is 0. The second-order valence-corrected chi connectivity index (χ2v) is 4.83. The van der Waals surface area contributed by atoms with E-state index in [-0.39, 0.29) is 6.10 Å². The predicted octanol–water partition coefficient (Wildman–Crippen LogP) is 1.76. The second kappa shape index (κ2) is 5.07. The van der Waals surface area contributed by atoms with Crippen LogP contribution in [0.2, 0.25) is 0 Å². The lowest BCUT2D eigenvalue weighted by Gasteiger charge is -2.31. The van der Waals surface area contributed by atoms with Gasteiger partial charge in [-0.05, 0) is 37.6 Å². The Labute approximate surface area is 102 Å². The van der Waals surface area contributed by atoms with Crippen molar-refractivity contribution in [3.05, 3.63) is 29.8 Å². The summed E-state index contributed by atoms with van der Waals surface area (Å²) in [6.45, 7) is 2.85. The standard InChI is InChI=1S/C14H19NO2/c1-2-4-14-11(3-1)9-13(10-16-14)17-12-5-7-15-8-6-12/h1-4,12-13,15H,5-10H2. The maximum absolute atomic E-state index is 6.12. The van der Waals surface area contributed by atoms with Crippen LogP contribution < -0.4 is 10.1 Å². The van der Waals surface area contributed by atoms with E-state index in [1.807, 2.05) is 12.1 Å². The molecule has 1 aromatic rings. The normalized spacial score (nSPS) is 25.1. The summed E-state index contributed by atoms with van der Waals surface area (Å²) < 4.78 is 11.9. The van der Waals surface area contributed by atoms with Crippen molar-refractivity contribution < 1.29 is 9.47 Å². The molecule has 0 spiro atoms. The third kappa shape index (κ3) is 2.61. The van der Waals surface area contributed by atoms with Crippen molar-refractivity contribution in [2.24, 2.45) is 0 Å². The summed E-state index contributed by atoms with van der Waals surface area (Å²) in [7, 11) is 0. The molecule has 1 N–H and O–H groups in total. The van der Waals surface area contributed by atoms with Crippen LogP contribution in [0.1, 0.15) is 18.4 Å². The molecule has 1 fully saturated rings. The Kier molecular flexibility index (Phi) is 3.29. The molecular weight excluding hydrogens is 214 g/mol. The molecule has 0 aromatic heterocycles. The van der Waals surface area contributed by atoms with Crippen molar-refractivity contribution >= 4 is 0 Å². The van der Waals surface area contributed by atoms with E-state index in [1.165, 1.54) is 5.56 Å². The molecule has 1 atom stereocenters. The minimum Gasteiger partial charge on any atom is -0.491 e. The zero-order valence-corrected chi connectivity index (χ0v) is 10.0. The Morgan fingerprint density at radius 3 is 2.82 bits per heavy atom. The van der Waals surface area contributed by atoms with Crippen LogP contribution in [-0.4, -0.2) is 31.9 Å². The van der Waals surface area contributed by atoms with Crippen LogP contribution in [0, 0.1) is 0 Å². The van der Waals surface area contributed by atoms with E-state index < -0.39 is 0 Å². The van der Waals surface area contributed by atoms with Gasteiger partial charge >= 0.3 is 0 Å². The predicted molar refractivity (Wildman–Crippen MR) is 66.4 cm³/mol. The van der Waals surface area contributed by atoms with Crippen LogP contribution in [-0.2, 0) is 11.2 Å². The molecule has 17 heavy (non-hydrogen) atoms. The molecule has 3 nitrogen and oxygen atoms in total. The van der Waals surface area contributed by atoms with Crippen LogP contribution in [0.15, 0.2) is 24.3 Å². The number of ether oxygens (including phenoxy) is 2. The van der Waals surface area contributed by atoms with Crippen molar-refractivity contribution in [2.45, 2.75) is 31.5 Å². The molecule has 0 saturated carbocycles. The minimum absolute atomic E-state index is 0.230. The zero-order valence-electron chi connectivity index (χ0n) is 10.0. The molecule has 92 valence electrons. The van der Waals surface area contributed by atoms with Gasteiger partial charge < -0.3 is 14.8 Å². The van der Waals surface area contributed by atoms with Gasteiger partial charge in [-0.3, -0.25) is 0 Å². The highest BCUT2D eigenvalue weighted by molar-refractivity contribution is 5.35. The molecule has 3 rings (SSSR count). The first-order valence-corrected chi connectivity index (χ1v) is 6.49. The monoisotopic (exact) mass is 233 g/mol. The number of nitrogens with one attached hydrogen (secondary N) is 1. The van der Waals surface area contributed by atoms with Crippen LogP contribution in [0.4, 0.5) is 0 Å². The molecule has 1 saturated heterocycles. The summed E-state index contributed by atoms with van der Waals surface area (Å²) in [4.78, 5) is 0. The molecular formula is C14H19NO2. The summed E-state index contributed by atoms with van der Waals surface area (Å²) in [6, 6.07) is 8.26. The van der Waals surface area contributed by atoms with Crippen LogP contribution >= 0.6 is 0 Å². The Morgan fingerprint density at radius 2 is 1.94 bits per heavy atom. The highest BCUT2D eigenvalue weighted by atomic mass is 16.5. The number of para-hydroxylation sites is 1. The summed E-state index contributed by atoms with van der Waals surface area (Å²) in [5.74, 6) is 1.03. The highest BCUT2D eigenvalue weighted by Gasteiger charge is 2.24. The molecule has 0 amide bonds. The lowest BCUT2D eigenvalue weighted by molar-refractivity contribution is -0.0510. The first-order valence-electron chi connectivity index (χ1n) is 6.49. The average molecular weight is 233 g/mol. The topological polar surface area (TPSA) is 30.5 Å². The molecule has 2 aliphatic rings. The largest absolute Gasteiger partial charge is 0.491 e. The number of hydrogen-bond acceptors (Lipinski definition) is 3. The quantitative estimate of drug-likeness (QED) is 0.844. The fourth-order valence-corrected chi connectivity index (χ4v) is 2.59. The lowest BCUT2D eigenvalue weighted by atomic mass is 10.0. The van der Waals surface area contributed by atoms with E-state index >= 15 is 0 Å². The van der Waals surface area contributed by atoms with E-state index in [0.717, 1.165) is 38.1 Å². The Balaban J connectivity index is 1.60. The van der Waals surface area contributed by atoms with Crippen LogP contribution in [0.5, 0.6) is 5.75 Å². The Morgan fingerprint density at radius 1 is 1.12 bits per heavy atom. The van der Waals surface area contributed by atoms with Gasteiger partial charge in [0.1, 0.15) is 12.4 Å². The van der Waals surface area contributed by atoms with E-state index in [2.05, 4.69) is 17.4 Å². The van der Waals surface area contributed by atoms with E-state index in [9.17, 15) is 0 Å². The van der Waals surface area contributed by atoms with Crippen LogP contribution in [0.3, 0.4) is 0 Å². The maximum atomic E-state index is 6.12. The van der Waals surface area contributed by atoms with Crippen molar-refractivity contribution in [3.8, 4) is 5.75 Å². The summed E-state index contributed by atoms with van der Waals surface area (Å²) in [6.07, 6.45) is 3.87. The first kappa shape index (κ1) is 11.1. The van der Waals surface area contributed by atoms with E-state index in [4.69, 9.17) is 9.47 Å². The summed E-state index contributed by atoms with van der Waals surface area (Å²) in [5, 5.41) is 3.36. The van der Waals surface area contributed by atoms with Crippen LogP contribution in [0.25, 0.3) is 0 Å². The van der Waals surface area contributed by atoms with Crippen molar-refractivity contribution in [1.29, 1.82) is 0 Å². The highest BCUT2D eigenvalue weighted by Crippen LogP contribution is 2.26. The molecule has 0 aliphatic carbocycles. The van der Waals surface area contributed by atoms with Gasteiger partial charge in [0.2, 0.25) is 0 Å². The second-order valence-electron chi connectivity index (χ2n) is 4.83. The van der Waals surface area contributed by atoms with Gasteiger partial charge in [0.25, 0.3) is 0 Å². The van der Waals surface area contributed by atoms with Crippen molar-refractivity contribution in [1.82, 2.24) is 5.32 Å². The number of fused-ring (bicyclic) bond motifs is 1. The SMILES string of the molecule is c1ccc2c(c1)CC(OC1CCNCC1)CO2. The van der Waals surface area contributed by atoms with Gasteiger partial charge in [-0.25, -0.2) is 0 Å². The van der Waals surface area contributed by atoms with Crippen molar-refractivity contribution in [3.63, 3.8) is 0 Å². The van der Waals surface area contributed by atoms with Gasteiger partial charge in [0.05, 0.1) is 12.2 Å². The molecule has 2 heterocycles. The third-order valence-electron chi connectivity index (χ3n) is 3.52. The fraction of sp³-hybridized carbons (Fsp3) is 0.571. The van der Waals surface area contributed by atoms with E-state index in [0.29, 0.717) is 12.7 Å². The molecule has 2 aliphatic heterocycles. The van der Waals surface area contributed by atoms with Gasteiger partial charge in [-0.2, -0.15) is 0 Å². The van der Waals surface area contributed by atoms with Gasteiger partial charge in [0, 0.05) is 6.42 Å². The lowest BCUT2D eigenvalue weighted by Crippen LogP contribution is -2.38. The summed E-state index contributed by atoms with van der Waals surface area (Å²) in [5.41, 5.74) is 1.28.